The van der Waals surface area contributed by atoms with Crippen LogP contribution in [0.25, 0.3) is 10.2 Å². The van der Waals surface area contributed by atoms with Crippen LogP contribution in [-0.2, 0) is 22.7 Å². The van der Waals surface area contributed by atoms with Gasteiger partial charge < -0.3 is 10.2 Å². The maximum absolute atomic E-state index is 13.2. The topological polar surface area (TPSA) is 110 Å². The first-order valence-electron chi connectivity index (χ1n) is 11.2. The van der Waals surface area contributed by atoms with E-state index < -0.39 is 17.2 Å². The molecule has 2 amide bonds. The van der Waals surface area contributed by atoms with Gasteiger partial charge in [-0.2, -0.15) is 0 Å². The maximum atomic E-state index is 13.2. The van der Waals surface area contributed by atoms with Crippen LogP contribution in [0.5, 0.6) is 0 Å². The van der Waals surface area contributed by atoms with E-state index in [4.69, 9.17) is 0 Å². The average Bonchev–Trinajstić information content (AvgIpc) is 3.32. The molecule has 178 valence electrons. The lowest BCUT2D eigenvalue weighted by atomic mass is 10.1. The summed E-state index contributed by atoms with van der Waals surface area (Å²) in [4.78, 5) is 64.8. The Labute approximate surface area is 199 Å². The monoisotopic (exact) mass is 482 g/mol. The first-order valence-corrected chi connectivity index (χ1v) is 12.1. The second-order valence-electron chi connectivity index (χ2n) is 8.34. The largest absolute Gasteiger partial charge is 0.343 e. The van der Waals surface area contributed by atoms with Gasteiger partial charge in [-0.05, 0) is 49.8 Å². The minimum atomic E-state index is -0.630. The molecular weight excluding hydrogens is 456 g/mol. The number of nitrogens with zero attached hydrogens (tertiary/aromatic N) is 3. The van der Waals surface area contributed by atoms with Crippen LogP contribution in [-0.4, -0.2) is 44.7 Å². The van der Waals surface area contributed by atoms with Gasteiger partial charge in [0.1, 0.15) is 11.2 Å². The number of carbonyl (C=O) groups is 3. The van der Waals surface area contributed by atoms with E-state index in [9.17, 15) is 24.0 Å². The van der Waals surface area contributed by atoms with Gasteiger partial charge in [-0.1, -0.05) is 12.1 Å². The first kappa shape index (κ1) is 23.6. The number of rotatable bonds is 7. The zero-order valence-electron chi connectivity index (χ0n) is 18.9. The molecule has 1 fully saturated rings. The number of hydrogen-bond donors (Lipinski definition) is 1. The molecule has 1 aliphatic heterocycles. The number of nitrogens with one attached hydrogen (secondary N) is 1. The molecule has 1 saturated heterocycles. The summed E-state index contributed by atoms with van der Waals surface area (Å²) in [6.07, 6.45) is 3.08. The lowest BCUT2D eigenvalue weighted by Crippen LogP contribution is -2.43. The summed E-state index contributed by atoms with van der Waals surface area (Å²) in [6, 6.07) is 8.17. The Morgan fingerprint density at radius 1 is 1.03 bits per heavy atom. The van der Waals surface area contributed by atoms with Crippen molar-refractivity contribution < 1.29 is 14.4 Å². The van der Waals surface area contributed by atoms with Crippen LogP contribution in [0.4, 0.5) is 5.69 Å². The zero-order chi connectivity index (χ0) is 24.2. The summed E-state index contributed by atoms with van der Waals surface area (Å²) < 4.78 is 2.66. The number of ketones is 1. The number of likely N-dealkylation sites (tertiary alicyclic amines) is 1. The number of hydrogen-bond acceptors (Lipinski definition) is 6. The molecule has 0 atom stereocenters. The fraction of sp³-hybridized carbons (Fsp3) is 0.375. The molecular formula is C24H26N4O5S. The second kappa shape index (κ2) is 10.2. The van der Waals surface area contributed by atoms with E-state index >= 15 is 0 Å². The molecule has 3 aromatic rings. The van der Waals surface area contributed by atoms with Crippen molar-refractivity contribution in [2.75, 3.05) is 18.4 Å². The molecule has 4 rings (SSSR count). The SMILES string of the molecule is CC(=O)c1cccc(NC(=O)Cn2c(=O)n(CCC(=O)N3CCCCC3)c(=O)c3sccc32)c1. The molecule has 0 saturated carbocycles. The third kappa shape index (κ3) is 5.01. The number of Topliss-reactive ketones (excluding diaryl/α,β-unsaturated/α-hetero) is 1. The molecule has 3 heterocycles. The number of amides is 2. The molecule has 0 bridgehead atoms. The van der Waals surface area contributed by atoms with Crippen LogP contribution in [0.2, 0.25) is 0 Å². The average molecular weight is 483 g/mol. The quantitative estimate of drug-likeness (QED) is 0.520. The van der Waals surface area contributed by atoms with Gasteiger partial charge in [0.25, 0.3) is 5.56 Å². The van der Waals surface area contributed by atoms with Crippen molar-refractivity contribution in [1.29, 1.82) is 0 Å². The van der Waals surface area contributed by atoms with Gasteiger partial charge in [0, 0.05) is 37.3 Å². The van der Waals surface area contributed by atoms with E-state index in [2.05, 4.69) is 5.32 Å². The van der Waals surface area contributed by atoms with Crippen LogP contribution in [0.3, 0.4) is 0 Å². The number of thiophene rings is 1. The molecule has 0 aliphatic carbocycles. The molecule has 1 aromatic carbocycles. The van der Waals surface area contributed by atoms with Gasteiger partial charge in [0.15, 0.2) is 5.78 Å². The Morgan fingerprint density at radius 3 is 2.53 bits per heavy atom. The minimum absolute atomic E-state index is 0.0386. The summed E-state index contributed by atoms with van der Waals surface area (Å²) in [7, 11) is 0. The van der Waals surface area contributed by atoms with Crippen molar-refractivity contribution in [1.82, 2.24) is 14.0 Å². The third-order valence-corrected chi connectivity index (χ3v) is 6.84. The smallest absolute Gasteiger partial charge is 0.332 e. The van der Waals surface area contributed by atoms with E-state index in [1.54, 1.807) is 40.6 Å². The highest BCUT2D eigenvalue weighted by atomic mass is 32.1. The van der Waals surface area contributed by atoms with Crippen LogP contribution in [0.1, 0.15) is 43.0 Å². The van der Waals surface area contributed by atoms with Crippen LogP contribution in [0, 0.1) is 0 Å². The molecule has 10 heteroatoms. The Balaban J connectivity index is 1.57. The number of anilines is 1. The number of carbonyl (C=O) groups excluding carboxylic acids is 3. The maximum Gasteiger partial charge on any atom is 0.332 e. The summed E-state index contributed by atoms with van der Waals surface area (Å²) in [5.41, 5.74) is 0.198. The van der Waals surface area contributed by atoms with Crippen molar-refractivity contribution in [3.05, 3.63) is 62.1 Å². The molecule has 1 N–H and O–H groups in total. The molecule has 34 heavy (non-hydrogen) atoms. The minimum Gasteiger partial charge on any atom is -0.343 e. The van der Waals surface area contributed by atoms with Crippen molar-refractivity contribution in [3.8, 4) is 0 Å². The highest BCUT2D eigenvalue weighted by molar-refractivity contribution is 7.17. The van der Waals surface area contributed by atoms with E-state index in [0.29, 0.717) is 34.6 Å². The van der Waals surface area contributed by atoms with Crippen molar-refractivity contribution >= 4 is 44.8 Å². The summed E-state index contributed by atoms with van der Waals surface area (Å²) in [5.74, 6) is -0.671. The summed E-state index contributed by atoms with van der Waals surface area (Å²) in [6.45, 7) is 2.49. The van der Waals surface area contributed by atoms with Gasteiger partial charge in [-0.25, -0.2) is 4.79 Å². The van der Waals surface area contributed by atoms with Crippen molar-refractivity contribution in [2.24, 2.45) is 0 Å². The normalized spacial score (nSPS) is 13.7. The van der Waals surface area contributed by atoms with Crippen molar-refractivity contribution in [3.63, 3.8) is 0 Å². The summed E-state index contributed by atoms with van der Waals surface area (Å²) in [5, 5.41) is 4.40. The molecule has 1 aliphatic rings. The first-order chi connectivity index (χ1) is 16.3. The lowest BCUT2D eigenvalue weighted by molar-refractivity contribution is -0.132. The van der Waals surface area contributed by atoms with E-state index in [0.717, 1.165) is 23.8 Å². The van der Waals surface area contributed by atoms with E-state index in [-0.39, 0.29) is 31.2 Å². The number of fused-ring (bicyclic) bond motifs is 1. The molecule has 0 unspecified atom stereocenters. The van der Waals surface area contributed by atoms with E-state index in [1.807, 2.05) is 0 Å². The number of piperidine rings is 1. The zero-order valence-corrected chi connectivity index (χ0v) is 19.7. The molecule has 0 spiro atoms. The van der Waals surface area contributed by atoms with Crippen LogP contribution < -0.4 is 16.6 Å². The predicted octanol–water partition coefficient (Wildman–Crippen LogP) is 2.47. The Hall–Kier alpha value is -3.53. The Bertz CT molecular complexity index is 1360. The highest BCUT2D eigenvalue weighted by Crippen LogP contribution is 2.16. The number of aromatic nitrogens is 2. The molecule has 2 aromatic heterocycles. The van der Waals surface area contributed by atoms with Gasteiger partial charge in [-0.3, -0.25) is 28.3 Å². The fourth-order valence-corrected chi connectivity index (χ4v) is 5.00. The van der Waals surface area contributed by atoms with Gasteiger partial charge in [-0.15, -0.1) is 11.3 Å². The second-order valence-corrected chi connectivity index (χ2v) is 9.25. The van der Waals surface area contributed by atoms with Gasteiger partial charge in [0.05, 0.1) is 5.52 Å². The fourth-order valence-electron chi connectivity index (χ4n) is 4.15. The van der Waals surface area contributed by atoms with Crippen LogP contribution >= 0.6 is 11.3 Å². The Morgan fingerprint density at radius 2 is 1.79 bits per heavy atom. The third-order valence-electron chi connectivity index (χ3n) is 5.95. The Kier molecular flexibility index (Phi) is 7.06. The van der Waals surface area contributed by atoms with Gasteiger partial charge >= 0.3 is 5.69 Å². The molecule has 0 radical (unpaired) electrons. The lowest BCUT2D eigenvalue weighted by Gasteiger charge is -2.26. The van der Waals surface area contributed by atoms with Crippen molar-refractivity contribution in [2.45, 2.75) is 45.7 Å². The number of benzene rings is 1. The van der Waals surface area contributed by atoms with Gasteiger partial charge in [0.2, 0.25) is 11.8 Å². The standard InChI is InChI=1S/C24H26N4O5S/c1-16(29)17-6-5-7-18(14-17)25-20(30)15-28-19-9-13-34-22(19)23(32)27(24(28)33)12-8-21(31)26-10-3-2-4-11-26/h5-7,9,13-14H,2-4,8,10-12,15H2,1H3,(H,25,30). The predicted molar refractivity (Wildman–Crippen MR) is 130 cm³/mol. The highest BCUT2D eigenvalue weighted by Gasteiger charge is 2.20. The molecule has 9 nitrogen and oxygen atoms in total. The summed E-state index contributed by atoms with van der Waals surface area (Å²) >= 11 is 1.19. The van der Waals surface area contributed by atoms with Crippen LogP contribution in [0.15, 0.2) is 45.3 Å². The van der Waals surface area contributed by atoms with E-state index in [1.165, 1.54) is 22.8 Å².